The molecule has 19 heavy (non-hydrogen) atoms. The van der Waals surface area contributed by atoms with Gasteiger partial charge in [0.25, 0.3) is 0 Å². The number of hydrogen-bond acceptors (Lipinski definition) is 2. The Morgan fingerprint density at radius 2 is 1.63 bits per heavy atom. The first kappa shape index (κ1) is 14.0. The largest absolute Gasteiger partial charge is 0.396 e. The molecular formula is C15H16BrFN2. The Morgan fingerprint density at radius 3 is 2.26 bits per heavy atom. The summed E-state index contributed by atoms with van der Waals surface area (Å²) < 4.78 is 14.4. The normalized spacial score (nSPS) is 10.9. The third-order valence-electron chi connectivity index (χ3n) is 2.88. The summed E-state index contributed by atoms with van der Waals surface area (Å²) in [7, 11) is 2.01. The van der Waals surface area contributed by atoms with Crippen LogP contribution in [-0.2, 0) is 13.1 Å². The minimum absolute atomic E-state index is 0.194. The van der Waals surface area contributed by atoms with Crippen LogP contribution < -0.4 is 5.73 Å². The summed E-state index contributed by atoms with van der Waals surface area (Å²) in [5, 5.41) is 0. The van der Waals surface area contributed by atoms with Crippen molar-refractivity contribution in [2.45, 2.75) is 13.1 Å². The zero-order valence-corrected chi connectivity index (χ0v) is 12.3. The summed E-state index contributed by atoms with van der Waals surface area (Å²) in [6.45, 7) is 1.51. The Bertz CT molecular complexity index is 555. The van der Waals surface area contributed by atoms with Crippen molar-refractivity contribution in [1.29, 1.82) is 0 Å². The molecule has 2 aromatic carbocycles. The summed E-state index contributed by atoms with van der Waals surface area (Å²) >= 11 is 3.41. The van der Waals surface area contributed by atoms with Crippen molar-refractivity contribution in [2.75, 3.05) is 12.8 Å². The Kier molecular flexibility index (Phi) is 4.56. The molecule has 0 spiro atoms. The number of anilines is 1. The van der Waals surface area contributed by atoms with E-state index in [1.54, 1.807) is 6.07 Å². The van der Waals surface area contributed by atoms with Gasteiger partial charge in [-0.1, -0.05) is 34.1 Å². The van der Waals surface area contributed by atoms with E-state index in [-0.39, 0.29) is 11.5 Å². The van der Waals surface area contributed by atoms with Gasteiger partial charge >= 0.3 is 0 Å². The molecule has 0 saturated heterocycles. The molecule has 2 nitrogen and oxygen atoms in total. The third-order valence-corrected chi connectivity index (χ3v) is 3.41. The van der Waals surface area contributed by atoms with Crippen LogP contribution in [0.2, 0.25) is 0 Å². The lowest BCUT2D eigenvalue weighted by molar-refractivity contribution is 0.318. The minimum Gasteiger partial charge on any atom is -0.396 e. The summed E-state index contributed by atoms with van der Waals surface area (Å²) in [5.41, 5.74) is 7.80. The van der Waals surface area contributed by atoms with E-state index < -0.39 is 0 Å². The standard InChI is InChI=1S/C15H16BrFN2/c1-19(9-11-2-5-13(16)6-3-11)10-12-4-7-15(18)14(17)8-12/h2-8H,9-10,18H2,1H3. The quantitative estimate of drug-likeness (QED) is 0.867. The molecule has 2 rings (SSSR count). The topological polar surface area (TPSA) is 29.3 Å². The molecule has 100 valence electrons. The molecule has 0 saturated carbocycles. The monoisotopic (exact) mass is 322 g/mol. The van der Waals surface area contributed by atoms with Crippen LogP contribution in [0.4, 0.5) is 10.1 Å². The molecule has 0 radical (unpaired) electrons. The van der Waals surface area contributed by atoms with Crippen LogP contribution in [0.1, 0.15) is 11.1 Å². The second-order valence-corrected chi connectivity index (χ2v) is 5.57. The summed E-state index contributed by atoms with van der Waals surface area (Å²) in [4.78, 5) is 2.13. The summed E-state index contributed by atoms with van der Waals surface area (Å²) in [5.74, 6) is -0.352. The van der Waals surface area contributed by atoms with Gasteiger partial charge in [0.2, 0.25) is 0 Å². The zero-order chi connectivity index (χ0) is 13.8. The van der Waals surface area contributed by atoms with Gasteiger partial charge in [0.05, 0.1) is 5.69 Å². The first-order valence-corrected chi connectivity index (χ1v) is 6.81. The molecule has 0 aliphatic rings. The molecule has 0 bridgehead atoms. The van der Waals surface area contributed by atoms with Crippen molar-refractivity contribution in [3.05, 3.63) is 63.9 Å². The molecule has 0 fully saturated rings. The van der Waals surface area contributed by atoms with Gasteiger partial charge in [-0.05, 0) is 42.4 Å². The molecule has 0 aromatic heterocycles. The van der Waals surface area contributed by atoms with Crippen LogP contribution in [0, 0.1) is 5.82 Å². The van der Waals surface area contributed by atoms with E-state index in [0.717, 1.165) is 16.6 Å². The van der Waals surface area contributed by atoms with Crippen LogP contribution in [0.3, 0.4) is 0 Å². The van der Waals surface area contributed by atoms with Crippen LogP contribution in [0.5, 0.6) is 0 Å². The lowest BCUT2D eigenvalue weighted by atomic mass is 10.1. The number of benzene rings is 2. The maximum absolute atomic E-state index is 13.4. The van der Waals surface area contributed by atoms with Gasteiger partial charge in [0.15, 0.2) is 0 Å². The van der Waals surface area contributed by atoms with E-state index in [0.29, 0.717) is 6.54 Å². The van der Waals surface area contributed by atoms with Gasteiger partial charge in [-0.15, -0.1) is 0 Å². The predicted molar refractivity (Wildman–Crippen MR) is 80.1 cm³/mol. The SMILES string of the molecule is CN(Cc1ccc(Br)cc1)Cc1ccc(N)c(F)c1. The van der Waals surface area contributed by atoms with E-state index in [1.807, 2.05) is 25.2 Å². The fraction of sp³-hybridized carbons (Fsp3) is 0.200. The van der Waals surface area contributed by atoms with Crippen molar-refractivity contribution >= 4 is 21.6 Å². The van der Waals surface area contributed by atoms with Crippen molar-refractivity contribution < 1.29 is 4.39 Å². The smallest absolute Gasteiger partial charge is 0.146 e. The number of rotatable bonds is 4. The van der Waals surface area contributed by atoms with Crippen molar-refractivity contribution in [3.8, 4) is 0 Å². The number of hydrogen-bond donors (Lipinski definition) is 1. The molecule has 0 amide bonds. The van der Waals surface area contributed by atoms with Crippen molar-refractivity contribution in [1.82, 2.24) is 4.90 Å². The number of halogens is 2. The zero-order valence-electron chi connectivity index (χ0n) is 10.7. The Labute approximate surface area is 121 Å². The summed E-state index contributed by atoms with van der Waals surface area (Å²) in [6.07, 6.45) is 0. The fourth-order valence-electron chi connectivity index (χ4n) is 1.94. The molecule has 0 atom stereocenters. The van der Waals surface area contributed by atoms with Crippen LogP contribution in [0.25, 0.3) is 0 Å². The van der Waals surface area contributed by atoms with E-state index in [9.17, 15) is 4.39 Å². The molecular weight excluding hydrogens is 307 g/mol. The number of nitrogens with two attached hydrogens (primary N) is 1. The van der Waals surface area contributed by atoms with Gasteiger partial charge in [-0.3, -0.25) is 4.90 Å². The number of nitrogen functional groups attached to an aromatic ring is 1. The lowest BCUT2D eigenvalue weighted by Crippen LogP contribution is -2.17. The highest BCUT2D eigenvalue weighted by Crippen LogP contribution is 2.15. The predicted octanol–water partition coefficient (Wildman–Crippen LogP) is 3.80. The Hall–Kier alpha value is -1.39. The molecule has 2 aromatic rings. The maximum Gasteiger partial charge on any atom is 0.146 e. The van der Waals surface area contributed by atoms with E-state index in [1.165, 1.54) is 11.6 Å². The van der Waals surface area contributed by atoms with Crippen LogP contribution >= 0.6 is 15.9 Å². The molecule has 0 aliphatic carbocycles. The molecule has 2 N–H and O–H groups in total. The molecule has 0 aliphatic heterocycles. The number of nitrogens with zero attached hydrogens (tertiary/aromatic N) is 1. The van der Waals surface area contributed by atoms with Crippen LogP contribution in [-0.4, -0.2) is 11.9 Å². The second kappa shape index (κ2) is 6.17. The first-order valence-electron chi connectivity index (χ1n) is 6.01. The Balaban J connectivity index is 1.98. The molecule has 0 unspecified atom stereocenters. The van der Waals surface area contributed by atoms with Gasteiger partial charge in [-0.25, -0.2) is 4.39 Å². The van der Waals surface area contributed by atoms with E-state index >= 15 is 0 Å². The average Bonchev–Trinajstić information content (AvgIpc) is 2.37. The van der Waals surface area contributed by atoms with Gasteiger partial charge in [-0.2, -0.15) is 0 Å². The Morgan fingerprint density at radius 1 is 1.05 bits per heavy atom. The lowest BCUT2D eigenvalue weighted by Gasteiger charge is -2.17. The first-order chi connectivity index (χ1) is 9.04. The third kappa shape index (κ3) is 4.04. The second-order valence-electron chi connectivity index (χ2n) is 4.65. The highest BCUT2D eigenvalue weighted by molar-refractivity contribution is 9.10. The average molecular weight is 323 g/mol. The minimum atomic E-state index is -0.352. The fourth-order valence-corrected chi connectivity index (χ4v) is 2.20. The van der Waals surface area contributed by atoms with Crippen molar-refractivity contribution in [3.63, 3.8) is 0 Å². The van der Waals surface area contributed by atoms with Crippen LogP contribution in [0.15, 0.2) is 46.9 Å². The van der Waals surface area contributed by atoms with Gasteiger partial charge < -0.3 is 5.73 Å². The molecule has 0 heterocycles. The summed E-state index contributed by atoms with van der Waals surface area (Å²) in [6, 6.07) is 13.1. The highest BCUT2D eigenvalue weighted by atomic mass is 79.9. The molecule has 4 heteroatoms. The van der Waals surface area contributed by atoms with E-state index in [4.69, 9.17) is 5.73 Å². The van der Waals surface area contributed by atoms with E-state index in [2.05, 4.69) is 33.0 Å². The van der Waals surface area contributed by atoms with Crippen molar-refractivity contribution in [2.24, 2.45) is 0 Å². The van der Waals surface area contributed by atoms with Gasteiger partial charge in [0.1, 0.15) is 5.82 Å². The maximum atomic E-state index is 13.4. The highest BCUT2D eigenvalue weighted by Gasteiger charge is 2.04. The van der Waals surface area contributed by atoms with Gasteiger partial charge in [0, 0.05) is 17.6 Å².